The van der Waals surface area contributed by atoms with Crippen LogP contribution in [-0.4, -0.2) is 93.1 Å². The van der Waals surface area contributed by atoms with Gasteiger partial charge in [-0.05, 0) is 44.2 Å². The lowest BCUT2D eigenvalue weighted by Crippen LogP contribution is -2.59. The van der Waals surface area contributed by atoms with E-state index in [2.05, 4.69) is 25.0 Å². The molecule has 0 radical (unpaired) electrons. The molecule has 14 nitrogen and oxygen atoms in total. The molecule has 0 saturated carbocycles. The molecule has 0 unspecified atom stereocenters. The minimum absolute atomic E-state index is 0.00983. The molecule has 0 aliphatic carbocycles. The van der Waals surface area contributed by atoms with Gasteiger partial charge < -0.3 is 29.5 Å². The van der Waals surface area contributed by atoms with Crippen molar-refractivity contribution in [3.63, 3.8) is 0 Å². The number of methoxy groups -OCH3 is 1. The Hall–Kier alpha value is -3.05. The molecule has 5 atom stereocenters. The van der Waals surface area contributed by atoms with Crippen LogP contribution in [0.2, 0.25) is 0 Å². The van der Waals surface area contributed by atoms with Gasteiger partial charge in [-0.3, -0.25) is 0 Å². The second-order valence-corrected chi connectivity index (χ2v) is 10.1. The highest BCUT2D eigenvalue weighted by atomic mass is 32.2. The second-order valence-electron chi connectivity index (χ2n) is 8.45. The lowest BCUT2D eigenvalue weighted by molar-refractivity contribution is -0.303. The van der Waals surface area contributed by atoms with Crippen molar-refractivity contribution in [2.45, 2.75) is 56.1 Å². The third kappa shape index (κ3) is 6.10. The summed E-state index contributed by atoms with van der Waals surface area (Å²) in [4.78, 5) is 8.21. The number of nitrogens with zero attached hydrogens (tertiary/aromatic N) is 5. The summed E-state index contributed by atoms with van der Waals surface area (Å²) in [6, 6.07) is 7.66. The van der Waals surface area contributed by atoms with E-state index in [-0.39, 0.29) is 17.5 Å². The molecular weight excluding hydrogens is 508 g/mol. The summed E-state index contributed by atoms with van der Waals surface area (Å²) in [5.41, 5.74) is 2.19. The number of aliphatic hydroxyl groups is 3. The largest absolute Gasteiger partial charge is 0.394 e. The highest BCUT2D eigenvalue weighted by molar-refractivity contribution is 7.92. The van der Waals surface area contributed by atoms with Crippen molar-refractivity contribution >= 4 is 16.0 Å². The molecule has 3 heterocycles. The molecule has 1 aliphatic rings. The Morgan fingerprint density at radius 3 is 2.41 bits per heavy atom. The van der Waals surface area contributed by atoms with Gasteiger partial charge in [0.05, 0.1) is 30.0 Å². The third-order valence-corrected chi connectivity index (χ3v) is 6.98. The number of hydrogen-bond donors (Lipinski definition) is 4. The van der Waals surface area contributed by atoms with E-state index in [1.807, 2.05) is 0 Å². The summed E-state index contributed by atoms with van der Waals surface area (Å²) in [7, 11) is -2.59. The van der Waals surface area contributed by atoms with E-state index in [1.54, 1.807) is 38.2 Å². The zero-order valence-corrected chi connectivity index (χ0v) is 21.1. The maximum atomic E-state index is 12.7. The molecule has 1 saturated heterocycles. The van der Waals surface area contributed by atoms with Crippen molar-refractivity contribution in [3.8, 4) is 5.69 Å². The molecular formula is C22H28N6O8S. The number of aryl methyl sites for hydroxylation is 2. The first-order chi connectivity index (χ1) is 17.6. The number of aliphatic hydroxyl groups excluding tert-OH is 3. The number of aromatic nitrogens is 5. The van der Waals surface area contributed by atoms with E-state index in [0.29, 0.717) is 22.8 Å². The number of benzene rings is 1. The average molecular weight is 537 g/mol. The summed E-state index contributed by atoms with van der Waals surface area (Å²) in [5.74, 6) is -0.00983. The number of hydrogen-bond acceptors (Lipinski definition) is 12. The predicted octanol–water partition coefficient (Wildman–Crippen LogP) is -0.554. The summed E-state index contributed by atoms with van der Waals surface area (Å²) in [6.45, 7) is 2.89. The molecule has 1 aliphatic heterocycles. The Kier molecular flexibility index (Phi) is 8.13. The summed E-state index contributed by atoms with van der Waals surface area (Å²) >= 11 is 0. The molecule has 4 rings (SSSR count). The standard InChI is InChI=1S/C22H28N6O8S/c1-12-8-13(2)24-22(23-12)26-37(32,33)16-6-4-15(5-7-16)28-9-14(25-27-28)11-35-20-18(30)17(10-29)36-21(34-3)19(20)31/h4-9,17-21,29-31H,10-11H2,1-3H3,(H,23,24,26)/t17-,18+,19-,20+,21-/m1/s1. The molecule has 2 aromatic heterocycles. The minimum atomic E-state index is -3.91. The molecule has 1 fully saturated rings. The van der Waals surface area contributed by atoms with Gasteiger partial charge in [0, 0.05) is 18.5 Å². The molecule has 200 valence electrons. The molecule has 1 aromatic carbocycles. The monoisotopic (exact) mass is 536 g/mol. The fourth-order valence-corrected chi connectivity index (χ4v) is 4.79. The molecule has 0 bridgehead atoms. The Morgan fingerprint density at radius 2 is 1.78 bits per heavy atom. The van der Waals surface area contributed by atoms with Crippen LogP contribution in [0.3, 0.4) is 0 Å². The number of anilines is 1. The fraction of sp³-hybridized carbons (Fsp3) is 0.455. The van der Waals surface area contributed by atoms with Crippen LogP contribution in [0, 0.1) is 13.8 Å². The van der Waals surface area contributed by atoms with Gasteiger partial charge in [0.15, 0.2) is 6.29 Å². The maximum absolute atomic E-state index is 12.7. The normalized spacial score (nSPS) is 24.2. The van der Waals surface area contributed by atoms with Crippen LogP contribution >= 0.6 is 0 Å². The van der Waals surface area contributed by atoms with Gasteiger partial charge in [-0.1, -0.05) is 5.21 Å². The van der Waals surface area contributed by atoms with Crippen LogP contribution in [0.15, 0.2) is 41.4 Å². The van der Waals surface area contributed by atoms with Crippen molar-refractivity contribution in [1.29, 1.82) is 0 Å². The first-order valence-electron chi connectivity index (χ1n) is 11.2. The van der Waals surface area contributed by atoms with E-state index in [0.717, 1.165) is 0 Å². The van der Waals surface area contributed by atoms with Crippen LogP contribution in [0.1, 0.15) is 17.1 Å². The molecule has 4 N–H and O–H groups in total. The van der Waals surface area contributed by atoms with Gasteiger partial charge in [0.2, 0.25) is 5.95 Å². The molecule has 0 amide bonds. The Labute approximate surface area is 212 Å². The number of nitrogens with one attached hydrogen (secondary N) is 1. The highest BCUT2D eigenvalue weighted by Crippen LogP contribution is 2.25. The van der Waals surface area contributed by atoms with Gasteiger partial charge in [0.25, 0.3) is 10.0 Å². The van der Waals surface area contributed by atoms with E-state index in [1.165, 1.54) is 23.9 Å². The van der Waals surface area contributed by atoms with Gasteiger partial charge in [-0.2, -0.15) is 0 Å². The summed E-state index contributed by atoms with van der Waals surface area (Å²) in [6.07, 6.45) is -4.19. The Bertz CT molecular complexity index is 1280. The van der Waals surface area contributed by atoms with Crippen molar-refractivity contribution in [1.82, 2.24) is 25.0 Å². The predicted molar refractivity (Wildman–Crippen MR) is 127 cm³/mol. The fourth-order valence-electron chi connectivity index (χ4n) is 3.85. The smallest absolute Gasteiger partial charge is 0.264 e. The number of rotatable bonds is 9. The van der Waals surface area contributed by atoms with E-state index in [9.17, 15) is 23.7 Å². The van der Waals surface area contributed by atoms with Crippen LogP contribution in [0.4, 0.5) is 5.95 Å². The van der Waals surface area contributed by atoms with E-state index < -0.39 is 47.3 Å². The number of sulfonamides is 1. The third-order valence-electron chi connectivity index (χ3n) is 5.64. The van der Waals surface area contributed by atoms with Crippen LogP contribution in [-0.2, 0) is 30.8 Å². The molecule has 37 heavy (non-hydrogen) atoms. The van der Waals surface area contributed by atoms with Crippen LogP contribution < -0.4 is 4.72 Å². The zero-order valence-electron chi connectivity index (χ0n) is 20.3. The van der Waals surface area contributed by atoms with Crippen LogP contribution in [0.5, 0.6) is 0 Å². The first kappa shape index (κ1) is 27.0. The SMILES string of the molecule is CO[C@@H]1O[C@H](CO)[C@H](O)[C@H](OCc2cn(-c3ccc(S(=O)(=O)Nc4nc(C)cc(C)n4)cc3)nn2)[C@H]1O. The first-order valence-corrected chi connectivity index (χ1v) is 12.7. The van der Waals surface area contributed by atoms with Crippen molar-refractivity contribution in [3.05, 3.63) is 53.6 Å². The molecule has 15 heteroatoms. The van der Waals surface area contributed by atoms with Crippen molar-refractivity contribution < 1.29 is 37.9 Å². The summed E-state index contributed by atoms with van der Waals surface area (Å²) < 4.78 is 45.3. The van der Waals surface area contributed by atoms with Gasteiger partial charge in [-0.25, -0.2) is 27.8 Å². The average Bonchev–Trinajstić information content (AvgIpc) is 3.32. The van der Waals surface area contributed by atoms with Crippen molar-refractivity contribution in [2.75, 3.05) is 18.4 Å². The molecule has 3 aromatic rings. The topological polar surface area (TPSA) is 191 Å². The lowest BCUT2D eigenvalue weighted by Gasteiger charge is -2.41. The minimum Gasteiger partial charge on any atom is -0.394 e. The van der Waals surface area contributed by atoms with E-state index >= 15 is 0 Å². The zero-order chi connectivity index (χ0) is 26.7. The van der Waals surface area contributed by atoms with Gasteiger partial charge in [0.1, 0.15) is 30.1 Å². The molecule has 0 spiro atoms. The van der Waals surface area contributed by atoms with Gasteiger partial charge >= 0.3 is 0 Å². The highest BCUT2D eigenvalue weighted by Gasteiger charge is 2.45. The Morgan fingerprint density at radius 1 is 1.11 bits per heavy atom. The Balaban J connectivity index is 1.42. The quantitative estimate of drug-likeness (QED) is 0.273. The lowest BCUT2D eigenvalue weighted by atomic mass is 9.99. The van der Waals surface area contributed by atoms with Crippen LogP contribution in [0.25, 0.3) is 5.69 Å². The van der Waals surface area contributed by atoms with Gasteiger partial charge in [-0.15, -0.1) is 5.10 Å². The van der Waals surface area contributed by atoms with Crippen molar-refractivity contribution in [2.24, 2.45) is 0 Å². The number of ether oxygens (including phenoxy) is 3. The second kappa shape index (κ2) is 11.1. The summed E-state index contributed by atoms with van der Waals surface area (Å²) in [5, 5.41) is 38.2. The van der Waals surface area contributed by atoms with E-state index in [4.69, 9.17) is 14.2 Å². The maximum Gasteiger partial charge on any atom is 0.264 e.